The summed E-state index contributed by atoms with van der Waals surface area (Å²) in [6.45, 7) is 1.67. The van der Waals surface area contributed by atoms with Gasteiger partial charge in [-0.25, -0.2) is 9.67 Å². The number of carbonyl (C=O) groups excluding carboxylic acids is 1. The summed E-state index contributed by atoms with van der Waals surface area (Å²) in [7, 11) is 0. The highest BCUT2D eigenvalue weighted by Gasteiger charge is 2.17. The van der Waals surface area contributed by atoms with Crippen LogP contribution in [0.5, 0.6) is 0 Å². The SMILES string of the molecule is Cc1nc(-c2ccc3c(c2)NC(=O)CN3)n(CC(=O)O)n1. The van der Waals surface area contributed by atoms with Crippen LogP contribution in [-0.2, 0) is 16.1 Å². The predicted octanol–water partition coefficient (Wildman–Crippen LogP) is 0.702. The molecule has 0 unspecified atom stereocenters. The van der Waals surface area contributed by atoms with E-state index in [1.807, 2.05) is 12.1 Å². The smallest absolute Gasteiger partial charge is 0.325 e. The van der Waals surface area contributed by atoms with Gasteiger partial charge in [-0.1, -0.05) is 0 Å². The van der Waals surface area contributed by atoms with Crippen LogP contribution >= 0.6 is 0 Å². The second-order valence-corrected chi connectivity index (χ2v) is 4.70. The molecule has 0 saturated carbocycles. The van der Waals surface area contributed by atoms with Gasteiger partial charge in [-0.05, 0) is 25.1 Å². The van der Waals surface area contributed by atoms with Crippen molar-refractivity contribution >= 4 is 23.3 Å². The molecule has 2 heterocycles. The van der Waals surface area contributed by atoms with Crippen LogP contribution in [0.25, 0.3) is 11.4 Å². The van der Waals surface area contributed by atoms with E-state index in [4.69, 9.17) is 5.11 Å². The Labute approximate surface area is 119 Å². The number of fused-ring (bicyclic) bond motifs is 1. The predicted molar refractivity (Wildman–Crippen MR) is 75.0 cm³/mol. The summed E-state index contributed by atoms with van der Waals surface area (Å²) >= 11 is 0. The monoisotopic (exact) mass is 287 g/mol. The van der Waals surface area contributed by atoms with E-state index in [0.29, 0.717) is 22.9 Å². The van der Waals surface area contributed by atoms with Crippen LogP contribution in [-0.4, -0.2) is 38.3 Å². The number of nitrogens with zero attached hydrogens (tertiary/aromatic N) is 3. The quantitative estimate of drug-likeness (QED) is 0.766. The number of rotatable bonds is 3. The molecular formula is C13H13N5O3. The highest BCUT2D eigenvalue weighted by Crippen LogP contribution is 2.30. The van der Waals surface area contributed by atoms with Crippen molar-refractivity contribution in [2.75, 3.05) is 17.2 Å². The topological polar surface area (TPSA) is 109 Å². The highest BCUT2D eigenvalue weighted by molar-refractivity contribution is 6.01. The van der Waals surface area contributed by atoms with E-state index in [-0.39, 0.29) is 19.0 Å². The first kappa shape index (κ1) is 13.1. The Bertz CT molecular complexity index is 737. The van der Waals surface area contributed by atoms with E-state index in [1.165, 1.54) is 4.68 Å². The molecule has 1 aliphatic heterocycles. The molecule has 108 valence electrons. The van der Waals surface area contributed by atoms with E-state index >= 15 is 0 Å². The van der Waals surface area contributed by atoms with Gasteiger partial charge in [-0.15, -0.1) is 0 Å². The van der Waals surface area contributed by atoms with Gasteiger partial charge in [0.25, 0.3) is 0 Å². The van der Waals surface area contributed by atoms with Crippen LogP contribution in [0, 0.1) is 6.92 Å². The minimum atomic E-state index is -0.992. The molecule has 0 radical (unpaired) electrons. The average molecular weight is 287 g/mol. The molecule has 1 amide bonds. The van der Waals surface area contributed by atoms with E-state index in [0.717, 1.165) is 5.69 Å². The molecule has 8 heteroatoms. The molecule has 2 aromatic rings. The Morgan fingerprint density at radius 1 is 1.43 bits per heavy atom. The molecular weight excluding hydrogens is 274 g/mol. The van der Waals surface area contributed by atoms with Crippen LogP contribution in [0.2, 0.25) is 0 Å². The number of aryl methyl sites for hydroxylation is 1. The summed E-state index contributed by atoms with van der Waals surface area (Å²) in [5.74, 6) is -0.166. The zero-order chi connectivity index (χ0) is 15.0. The standard InChI is InChI=1S/C13H13N5O3/c1-7-15-13(18(17-7)6-12(20)21)8-2-3-9-10(4-8)16-11(19)5-14-9/h2-4,14H,5-6H2,1H3,(H,16,19)(H,20,21). The Balaban J connectivity index is 2.03. The summed E-state index contributed by atoms with van der Waals surface area (Å²) < 4.78 is 1.33. The first-order valence-electron chi connectivity index (χ1n) is 6.34. The molecule has 0 saturated heterocycles. The Morgan fingerprint density at radius 3 is 3.00 bits per heavy atom. The van der Waals surface area contributed by atoms with Gasteiger partial charge in [-0.2, -0.15) is 5.10 Å². The van der Waals surface area contributed by atoms with Crippen LogP contribution in [0.15, 0.2) is 18.2 Å². The average Bonchev–Trinajstić information content (AvgIpc) is 2.77. The number of carboxylic acids is 1. The highest BCUT2D eigenvalue weighted by atomic mass is 16.4. The fraction of sp³-hybridized carbons (Fsp3) is 0.231. The third kappa shape index (κ3) is 2.55. The zero-order valence-corrected chi connectivity index (χ0v) is 11.3. The van der Waals surface area contributed by atoms with Crippen LogP contribution in [0.1, 0.15) is 5.82 Å². The molecule has 1 aliphatic rings. The number of aromatic nitrogens is 3. The largest absolute Gasteiger partial charge is 0.480 e. The number of hydrogen-bond donors (Lipinski definition) is 3. The summed E-state index contributed by atoms with van der Waals surface area (Å²) in [4.78, 5) is 26.5. The van der Waals surface area contributed by atoms with Crippen molar-refractivity contribution in [3.63, 3.8) is 0 Å². The van der Waals surface area contributed by atoms with Crippen LogP contribution < -0.4 is 10.6 Å². The lowest BCUT2D eigenvalue weighted by Gasteiger charge is -2.19. The maximum Gasteiger partial charge on any atom is 0.325 e. The van der Waals surface area contributed by atoms with Gasteiger partial charge in [0.1, 0.15) is 12.4 Å². The molecule has 0 atom stereocenters. The van der Waals surface area contributed by atoms with E-state index in [2.05, 4.69) is 20.7 Å². The summed E-state index contributed by atoms with van der Waals surface area (Å²) in [5, 5.41) is 18.8. The van der Waals surface area contributed by atoms with Crippen molar-refractivity contribution in [2.24, 2.45) is 0 Å². The van der Waals surface area contributed by atoms with Crippen LogP contribution in [0.3, 0.4) is 0 Å². The van der Waals surface area contributed by atoms with Gasteiger partial charge in [0.15, 0.2) is 5.82 Å². The van der Waals surface area contributed by atoms with Gasteiger partial charge in [0.2, 0.25) is 5.91 Å². The van der Waals surface area contributed by atoms with Gasteiger partial charge < -0.3 is 15.7 Å². The molecule has 3 rings (SSSR count). The lowest BCUT2D eigenvalue weighted by molar-refractivity contribution is -0.137. The molecule has 1 aromatic carbocycles. The van der Waals surface area contributed by atoms with E-state index in [9.17, 15) is 9.59 Å². The van der Waals surface area contributed by atoms with E-state index in [1.54, 1.807) is 13.0 Å². The number of nitrogens with one attached hydrogen (secondary N) is 2. The van der Waals surface area contributed by atoms with Gasteiger partial charge in [0, 0.05) is 5.56 Å². The summed E-state index contributed by atoms with van der Waals surface area (Å²) in [5.41, 5.74) is 2.16. The van der Waals surface area contributed by atoms with Crippen molar-refractivity contribution in [1.82, 2.24) is 14.8 Å². The molecule has 21 heavy (non-hydrogen) atoms. The number of amides is 1. The molecule has 0 bridgehead atoms. The van der Waals surface area contributed by atoms with Crippen LogP contribution in [0.4, 0.5) is 11.4 Å². The molecule has 0 fully saturated rings. The van der Waals surface area contributed by atoms with Crippen molar-refractivity contribution in [3.8, 4) is 11.4 Å². The Hall–Kier alpha value is -2.90. The maximum atomic E-state index is 11.4. The van der Waals surface area contributed by atoms with E-state index < -0.39 is 5.97 Å². The third-order valence-electron chi connectivity index (χ3n) is 3.05. The van der Waals surface area contributed by atoms with Crippen molar-refractivity contribution < 1.29 is 14.7 Å². The Morgan fingerprint density at radius 2 is 2.24 bits per heavy atom. The number of aliphatic carboxylic acids is 1. The number of hydrogen-bond acceptors (Lipinski definition) is 5. The minimum Gasteiger partial charge on any atom is -0.480 e. The Kier molecular flexibility index (Phi) is 3.05. The van der Waals surface area contributed by atoms with Crippen molar-refractivity contribution in [2.45, 2.75) is 13.5 Å². The molecule has 3 N–H and O–H groups in total. The number of carbonyl (C=O) groups is 2. The lowest BCUT2D eigenvalue weighted by atomic mass is 10.1. The summed E-state index contributed by atoms with van der Waals surface area (Å²) in [6.07, 6.45) is 0. The molecule has 8 nitrogen and oxygen atoms in total. The van der Waals surface area contributed by atoms with Gasteiger partial charge >= 0.3 is 5.97 Å². The lowest BCUT2D eigenvalue weighted by Crippen LogP contribution is -2.27. The molecule has 0 spiro atoms. The van der Waals surface area contributed by atoms with Crippen molar-refractivity contribution in [1.29, 1.82) is 0 Å². The summed E-state index contributed by atoms with van der Waals surface area (Å²) in [6, 6.07) is 5.38. The van der Waals surface area contributed by atoms with Crippen molar-refractivity contribution in [3.05, 3.63) is 24.0 Å². The zero-order valence-electron chi connectivity index (χ0n) is 11.3. The van der Waals surface area contributed by atoms with Gasteiger partial charge in [0.05, 0.1) is 17.9 Å². The number of benzene rings is 1. The normalized spacial score (nSPS) is 13.3. The number of anilines is 2. The first-order valence-corrected chi connectivity index (χ1v) is 6.34. The van der Waals surface area contributed by atoms with Gasteiger partial charge in [-0.3, -0.25) is 9.59 Å². The second kappa shape index (κ2) is 4.89. The first-order chi connectivity index (χ1) is 10.0. The fourth-order valence-corrected chi connectivity index (χ4v) is 2.22. The fourth-order valence-electron chi connectivity index (χ4n) is 2.22. The minimum absolute atomic E-state index is 0.122. The maximum absolute atomic E-state index is 11.4. The molecule has 1 aromatic heterocycles. The second-order valence-electron chi connectivity index (χ2n) is 4.70. The third-order valence-corrected chi connectivity index (χ3v) is 3.05. The molecule has 0 aliphatic carbocycles. The number of carboxylic acid groups (broad SMARTS) is 1.